The van der Waals surface area contributed by atoms with E-state index in [-0.39, 0.29) is 32.1 Å². The second kappa shape index (κ2) is 7.35. The number of halogens is 1. The number of amides is 2. The second-order valence-electron chi connectivity index (χ2n) is 6.47. The van der Waals surface area contributed by atoms with Gasteiger partial charge in [0.15, 0.2) is 6.79 Å². The van der Waals surface area contributed by atoms with E-state index in [1.807, 2.05) is 0 Å². The smallest absolute Gasteiger partial charge is 0.414 e. The molecule has 9 heteroatoms. The zero-order chi connectivity index (χ0) is 19.7. The van der Waals surface area contributed by atoms with Gasteiger partial charge in [0.1, 0.15) is 17.7 Å². The molecule has 8 nitrogen and oxygen atoms in total. The number of benzene rings is 2. The molecule has 2 aliphatic heterocycles. The van der Waals surface area contributed by atoms with Crippen molar-refractivity contribution in [2.45, 2.75) is 12.7 Å². The summed E-state index contributed by atoms with van der Waals surface area (Å²) in [7, 11) is 0. The molecule has 28 heavy (non-hydrogen) atoms. The fourth-order valence-electron chi connectivity index (χ4n) is 3.14. The summed E-state index contributed by atoms with van der Waals surface area (Å²) in [6.45, 7) is 0.520. The normalized spacial score (nSPS) is 18.2. The summed E-state index contributed by atoms with van der Waals surface area (Å²) in [4.78, 5) is 26.1. The summed E-state index contributed by atoms with van der Waals surface area (Å²) in [5.74, 6) is -0.767. The van der Waals surface area contributed by atoms with Gasteiger partial charge >= 0.3 is 6.09 Å². The molecule has 0 aromatic heterocycles. The number of hydrogen-bond acceptors (Lipinski definition) is 6. The molecule has 0 unspecified atom stereocenters. The summed E-state index contributed by atoms with van der Waals surface area (Å²) in [6, 6.07) is 9.20. The minimum atomic E-state index is -0.556. The molecular formula is C19H18FN3O5. The average Bonchev–Trinajstić information content (AvgIpc) is 3.06. The molecule has 1 saturated heterocycles. The van der Waals surface area contributed by atoms with Crippen LogP contribution in [-0.4, -0.2) is 38.0 Å². The second-order valence-corrected chi connectivity index (χ2v) is 6.47. The molecule has 0 radical (unpaired) electrons. The van der Waals surface area contributed by atoms with Crippen LogP contribution in [0.2, 0.25) is 0 Å². The first kappa shape index (κ1) is 18.1. The maximum absolute atomic E-state index is 13.8. The van der Waals surface area contributed by atoms with E-state index < -0.39 is 23.9 Å². The molecule has 3 N–H and O–H groups in total. The maximum atomic E-state index is 13.8. The van der Waals surface area contributed by atoms with Crippen LogP contribution in [0.25, 0.3) is 0 Å². The van der Waals surface area contributed by atoms with Crippen molar-refractivity contribution in [3.8, 4) is 5.75 Å². The van der Waals surface area contributed by atoms with E-state index in [9.17, 15) is 14.0 Å². The Hall–Kier alpha value is -3.33. The fraction of sp³-hybridized carbons (Fsp3) is 0.263. The van der Waals surface area contributed by atoms with Gasteiger partial charge in [0.05, 0.1) is 25.3 Å². The van der Waals surface area contributed by atoms with Crippen LogP contribution in [0.3, 0.4) is 0 Å². The Labute approximate surface area is 160 Å². The van der Waals surface area contributed by atoms with E-state index in [4.69, 9.17) is 19.9 Å². The van der Waals surface area contributed by atoms with Gasteiger partial charge in [0.2, 0.25) is 0 Å². The Bertz CT molecular complexity index is 919. The van der Waals surface area contributed by atoms with E-state index >= 15 is 0 Å². The van der Waals surface area contributed by atoms with Gasteiger partial charge in [-0.2, -0.15) is 0 Å². The van der Waals surface area contributed by atoms with Gasteiger partial charge in [-0.15, -0.1) is 0 Å². The van der Waals surface area contributed by atoms with Crippen molar-refractivity contribution in [3.05, 3.63) is 53.3 Å². The topological polar surface area (TPSA) is 103 Å². The lowest BCUT2D eigenvalue weighted by molar-refractivity contribution is -0.0170. The zero-order valence-corrected chi connectivity index (χ0v) is 14.8. The minimum Gasteiger partial charge on any atom is -0.466 e. The lowest BCUT2D eigenvalue weighted by atomic mass is 10.1. The molecule has 2 aromatic carbocycles. The highest BCUT2D eigenvalue weighted by Gasteiger charge is 2.33. The highest BCUT2D eigenvalue weighted by atomic mass is 19.1. The number of anilines is 2. The highest BCUT2D eigenvalue weighted by Crippen LogP contribution is 2.29. The lowest BCUT2D eigenvalue weighted by Gasteiger charge is -2.20. The quantitative estimate of drug-likeness (QED) is 0.778. The maximum Gasteiger partial charge on any atom is 0.414 e. The molecule has 0 saturated carbocycles. The predicted octanol–water partition coefficient (Wildman–Crippen LogP) is 2.03. The van der Waals surface area contributed by atoms with Gasteiger partial charge in [-0.3, -0.25) is 9.69 Å². The Morgan fingerprint density at radius 1 is 1.29 bits per heavy atom. The van der Waals surface area contributed by atoms with E-state index in [0.29, 0.717) is 22.7 Å². The number of cyclic esters (lactones) is 1. The summed E-state index contributed by atoms with van der Waals surface area (Å²) >= 11 is 0. The molecule has 4 rings (SSSR count). The summed E-state index contributed by atoms with van der Waals surface area (Å²) in [5.41, 5.74) is 7.45. The van der Waals surface area contributed by atoms with Crippen LogP contribution in [-0.2, 0) is 16.1 Å². The number of ether oxygens (including phenoxy) is 3. The molecule has 2 heterocycles. The van der Waals surface area contributed by atoms with Crippen molar-refractivity contribution in [1.29, 1.82) is 0 Å². The SMILES string of the molecule is Nc1ccc(N2C[C@@H](CNC(=O)c3cc(F)cc4c3OCOC4)OC2=O)cc1. The van der Waals surface area contributed by atoms with E-state index in [2.05, 4.69) is 5.32 Å². The molecule has 1 atom stereocenters. The Morgan fingerprint density at radius 2 is 2.07 bits per heavy atom. The van der Waals surface area contributed by atoms with Crippen molar-refractivity contribution in [3.63, 3.8) is 0 Å². The highest BCUT2D eigenvalue weighted by molar-refractivity contribution is 5.97. The molecule has 2 aliphatic rings. The van der Waals surface area contributed by atoms with Crippen LogP contribution in [0.5, 0.6) is 5.75 Å². The van der Waals surface area contributed by atoms with Crippen molar-refractivity contribution in [1.82, 2.24) is 5.32 Å². The van der Waals surface area contributed by atoms with Crippen LogP contribution in [0.4, 0.5) is 20.6 Å². The fourth-order valence-corrected chi connectivity index (χ4v) is 3.14. The molecule has 1 fully saturated rings. The molecule has 0 spiro atoms. The number of nitrogens with zero attached hydrogens (tertiary/aromatic N) is 1. The number of carbonyl (C=O) groups excluding carboxylic acids is 2. The standard InChI is InChI=1S/C19H18FN3O5/c20-12-5-11-9-26-10-27-17(11)16(6-12)18(24)22-7-15-8-23(19(25)28-15)14-3-1-13(21)2-4-14/h1-6,15H,7-10,21H2,(H,22,24)/t15-/m1/s1. The summed E-state index contributed by atoms with van der Waals surface area (Å²) in [6.07, 6.45) is -1.05. The number of carbonyl (C=O) groups is 2. The first-order chi connectivity index (χ1) is 13.5. The number of hydrogen-bond donors (Lipinski definition) is 2. The zero-order valence-electron chi connectivity index (χ0n) is 14.8. The van der Waals surface area contributed by atoms with Gasteiger partial charge in [0.25, 0.3) is 5.91 Å². The van der Waals surface area contributed by atoms with Crippen LogP contribution >= 0.6 is 0 Å². The lowest BCUT2D eigenvalue weighted by Crippen LogP contribution is -2.35. The van der Waals surface area contributed by atoms with Gasteiger partial charge in [-0.05, 0) is 36.4 Å². The molecule has 0 aliphatic carbocycles. The number of nitrogens with two attached hydrogens (primary N) is 1. The monoisotopic (exact) mass is 387 g/mol. The summed E-state index contributed by atoms with van der Waals surface area (Å²) < 4.78 is 29.6. The van der Waals surface area contributed by atoms with Gasteiger partial charge < -0.3 is 25.3 Å². The van der Waals surface area contributed by atoms with Crippen LogP contribution in [0, 0.1) is 5.82 Å². The first-order valence-electron chi connectivity index (χ1n) is 8.66. The van der Waals surface area contributed by atoms with Crippen molar-refractivity contribution >= 4 is 23.4 Å². The Balaban J connectivity index is 1.41. The first-order valence-corrected chi connectivity index (χ1v) is 8.66. The van der Waals surface area contributed by atoms with E-state index in [1.54, 1.807) is 24.3 Å². The largest absolute Gasteiger partial charge is 0.466 e. The van der Waals surface area contributed by atoms with Gasteiger partial charge in [-0.1, -0.05) is 0 Å². The summed E-state index contributed by atoms with van der Waals surface area (Å²) in [5, 5.41) is 2.67. The number of nitrogens with one attached hydrogen (secondary N) is 1. The third-order valence-electron chi connectivity index (χ3n) is 4.49. The van der Waals surface area contributed by atoms with Gasteiger partial charge in [-0.25, -0.2) is 9.18 Å². The third-order valence-corrected chi connectivity index (χ3v) is 4.49. The van der Waals surface area contributed by atoms with Crippen molar-refractivity contribution in [2.75, 3.05) is 30.5 Å². The number of rotatable bonds is 4. The predicted molar refractivity (Wildman–Crippen MR) is 97.5 cm³/mol. The van der Waals surface area contributed by atoms with Crippen LogP contribution < -0.4 is 20.7 Å². The molecule has 0 bridgehead atoms. The van der Waals surface area contributed by atoms with Gasteiger partial charge in [0, 0.05) is 16.9 Å². The minimum absolute atomic E-state index is 0.00427. The van der Waals surface area contributed by atoms with Crippen molar-refractivity contribution < 1.29 is 28.2 Å². The van der Waals surface area contributed by atoms with E-state index in [1.165, 1.54) is 11.0 Å². The number of fused-ring (bicyclic) bond motifs is 1. The molecule has 146 valence electrons. The number of nitrogen functional groups attached to an aromatic ring is 1. The third kappa shape index (κ3) is 3.56. The van der Waals surface area contributed by atoms with Crippen LogP contribution in [0.15, 0.2) is 36.4 Å². The average molecular weight is 387 g/mol. The van der Waals surface area contributed by atoms with E-state index in [0.717, 1.165) is 6.07 Å². The van der Waals surface area contributed by atoms with Crippen LogP contribution in [0.1, 0.15) is 15.9 Å². The molecule has 2 amide bonds. The Morgan fingerprint density at radius 3 is 2.86 bits per heavy atom. The Kier molecular flexibility index (Phi) is 4.74. The van der Waals surface area contributed by atoms with Crippen molar-refractivity contribution in [2.24, 2.45) is 0 Å². The molecule has 2 aromatic rings. The molecular weight excluding hydrogens is 369 g/mol.